The Morgan fingerprint density at radius 3 is 2.79 bits per heavy atom. The van der Waals surface area contributed by atoms with Crippen LogP contribution in [0.2, 0.25) is 0 Å². The molecular weight excluding hydrogens is 493 g/mol. The summed E-state index contributed by atoms with van der Waals surface area (Å²) in [4.78, 5) is 34.0. The second-order valence-electron chi connectivity index (χ2n) is 6.45. The van der Waals surface area contributed by atoms with E-state index in [4.69, 9.17) is 9.26 Å². The summed E-state index contributed by atoms with van der Waals surface area (Å²) in [5.41, 5.74) is 0.362. The van der Waals surface area contributed by atoms with Gasteiger partial charge in [-0.05, 0) is 40.3 Å². The molecule has 0 aliphatic carbocycles. The van der Waals surface area contributed by atoms with E-state index < -0.39 is 11.7 Å². The van der Waals surface area contributed by atoms with Gasteiger partial charge in [0.05, 0.1) is 6.10 Å². The Hall–Kier alpha value is -2.80. The van der Waals surface area contributed by atoms with E-state index in [2.05, 4.69) is 37.7 Å². The molecule has 4 rings (SSSR count). The zero-order valence-electron chi connectivity index (χ0n) is 15.3. The fourth-order valence-corrected chi connectivity index (χ4v) is 3.24. The zero-order chi connectivity index (χ0) is 20.5. The van der Waals surface area contributed by atoms with Crippen molar-refractivity contribution in [1.82, 2.24) is 19.7 Å². The van der Waals surface area contributed by atoms with Crippen LogP contribution in [-0.4, -0.2) is 44.4 Å². The Balaban J connectivity index is 1.50. The molecule has 0 radical (unpaired) electrons. The molecule has 11 heteroatoms. The molecule has 1 N–H and O–H groups in total. The number of hydrogen-bond acceptors (Lipinski definition) is 8. The molecule has 0 saturated carbocycles. The molecule has 1 aliphatic heterocycles. The van der Waals surface area contributed by atoms with Gasteiger partial charge in [-0.15, -0.1) is 0 Å². The summed E-state index contributed by atoms with van der Waals surface area (Å²) in [6, 6.07) is 7.49. The van der Waals surface area contributed by atoms with E-state index in [0.717, 1.165) is 9.13 Å². The van der Waals surface area contributed by atoms with E-state index in [1.807, 2.05) is 24.3 Å². The lowest BCUT2D eigenvalue weighted by Crippen LogP contribution is -2.41. The van der Waals surface area contributed by atoms with Crippen LogP contribution in [0.15, 0.2) is 39.9 Å². The lowest BCUT2D eigenvalue weighted by molar-refractivity contribution is -0.121. The fraction of sp³-hybridized carbons (Fsp3) is 0.278. The quantitative estimate of drug-likeness (QED) is 0.504. The predicted octanol–water partition coefficient (Wildman–Crippen LogP) is 0.910. The fourth-order valence-electron chi connectivity index (χ4n) is 2.88. The lowest BCUT2D eigenvalue weighted by atomic mass is 10.1. The number of benzene rings is 1. The number of halogens is 1. The highest BCUT2D eigenvalue weighted by Gasteiger charge is 2.27. The van der Waals surface area contributed by atoms with Gasteiger partial charge in [0.1, 0.15) is 12.9 Å². The van der Waals surface area contributed by atoms with E-state index in [-0.39, 0.29) is 42.9 Å². The topological polar surface area (TPSA) is 124 Å². The molecule has 0 unspecified atom stereocenters. The van der Waals surface area contributed by atoms with E-state index in [0.29, 0.717) is 5.82 Å². The number of hydrogen-bond donors (Lipinski definition) is 1. The molecule has 0 saturated heterocycles. The van der Waals surface area contributed by atoms with Gasteiger partial charge in [0.25, 0.3) is 11.5 Å². The van der Waals surface area contributed by atoms with Crippen molar-refractivity contribution in [2.75, 3.05) is 18.6 Å². The zero-order valence-corrected chi connectivity index (χ0v) is 17.4. The number of aromatic nitrogens is 4. The summed E-state index contributed by atoms with van der Waals surface area (Å²) in [7, 11) is 1.49. The number of nitrogens with zero attached hydrogens (tertiary/aromatic N) is 5. The average Bonchev–Trinajstić information content (AvgIpc) is 3.14. The number of carbonyl (C=O) groups excluding carboxylic acids is 1. The summed E-state index contributed by atoms with van der Waals surface area (Å²) in [6.07, 6.45) is 0.698. The molecule has 1 atom stereocenters. The lowest BCUT2D eigenvalue weighted by Gasteiger charge is -2.24. The largest absolute Gasteiger partial charge is 0.466 e. The maximum Gasteiger partial charge on any atom is 0.281 e. The molecule has 0 bridgehead atoms. The van der Waals surface area contributed by atoms with Crippen LogP contribution in [-0.2, 0) is 17.8 Å². The Morgan fingerprint density at radius 1 is 1.28 bits per heavy atom. The van der Waals surface area contributed by atoms with E-state index in [9.17, 15) is 14.7 Å². The summed E-state index contributed by atoms with van der Waals surface area (Å²) >= 11 is 2.19. The molecule has 150 valence electrons. The first-order chi connectivity index (χ1) is 13.9. The Morgan fingerprint density at radius 2 is 2.03 bits per heavy atom. The van der Waals surface area contributed by atoms with Gasteiger partial charge >= 0.3 is 0 Å². The minimum atomic E-state index is -0.776. The molecule has 1 amide bonds. The third-order valence-corrected chi connectivity index (χ3v) is 5.19. The second-order valence-corrected chi connectivity index (χ2v) is 7.69. The third-order valence-electron chi connectivity index (χ3n) is 4.47. The number of aliphatic hydroxyl groups excluding tert-OH is 1. The number of aliphatic hydroxyl groups is 1. The van der Waals surface area contributed by atoms with Gasteiger partial charge in [-0.3, -0.25) is 14.2 Å². The standard InChI is InChI=1S/C18H16IN5O5/c1-23-15(26)8-28-17-16(23)18(27)24(9-20-17)7-14-21-13(22-29-14)6-12(25)10-2-4-11(19)5-3-10/h2-5,9,12,25H,6-8H2,1H3/t12-/m0/s1. The first kappa shape index (κ1) is 19.5. The van der Waals surface area contributed by atoms with Crippen LogP contribution in [0.25, 0.3) is 0 Å². The van der Waals surface area contributed by atoms with Crippen molar-refractivity contribution in [2.24, 2.45) is 0 Å². The first-order valence-electron chi connectivity index (χ1n) is 8.66. The predicted molar refractivity (Wildman–Crippen MR) is 109 cm³/mol. The molecule has 1 aromatic carbocycles. The highest BCUT2D eigenvalue weighted by atomic mass is 127. The van der Waals surface area contributed by atoms with Crippen LogP contribution in [0, 0.1) is 3.57 Å². The monoisotopic (exact) mass is 509 g/mol. The van der Waals surface area contributed by atoms with Crippen molar-refractivity contribution in [3.63, 3.8) is 0 Å². The average molecular weight is 509 g/mol. The summed E-state index contributed by atoms with van der Waals surface area (Å²) in [5.74, 6) is 0.282. The smallest absolute Gasteiger partial charge is 0.281 e. The normalized spacial score (nSPS) is 14.4. The second kappa shape index (κ2) is 7.91. The van der Waals surface area contributed by atoms with Gasteiger partial charge in [0, 0.05) is 17.0 Å². The summed E-state index contributed by atoms with van der Waals surface area (Å²) in [5, 5.41) is 14.2. The number of ether oxygens (including phenoxy) is 1. The minimum Gasteiger partial charge on any atom is -0.466 e. The number of anilines is 1. The van der Waals surface area contributed by atoms with Crippen LogP contribution >= 0.6 is 22.6 Å². The number of carbonyl (C=O) groups is 1. The first-order valence-corrected chi connectivity index (χ1v) is 9.74. The van der Waals surface area contributed by atoms with Crippen LogP contribution in [0.4, 0.5) is 5.69 Å². The highest BCUT2D eigenvalue weighted by Crippen LogP contribution is 2.24. The summed E-state index contributed by atoms with van der Waals surface area (Å²) in [6.45, 7) is -0.177. The minimum absolute atomic E-state index is 0.0201. The maximum atomic E-state index is 12.7. The van der Waals surface area contributed by atoms with E-state index in [1.165, 1.54) is 22.8 Å². The molecule has 2 aromatic heterocycles. The van der Waals surface area contributed by atoms with Crippen LogP contribution in [0.3, 0.4) is 0 Å². The Bertz CT molecular complexity index is 1110. The van der Waals surface area contributed by atoms with E-state index in [1.54, 1.807) is 0 Å². The van der Waals surface area contributed by atoms with Gasteiger partial charge in [-0.25, -0.2) is 4.98 Å². The third kappa shape index (κ3) is 4.00. The number of fused-ring (bicyclic) bond motifs is 1. The van der Waals surface area contributed by atoms with Gasteiger partial charge < -0.3 is 19.3 Å². The van der Waals surface area contributed by atoms with Crippen molar-refractivity contribution in [3.05, 3.63) is 61.8 Å². The SMILES string of the molecule is CN1C(=O)COc2ncn(Cc3nc(C[C@H](O)c4ccc(I)cc4)no3)c(=O)c21. The van der Waals surface area contributed by atoms with Crippen LogP contribution in [0.1, 0.15) is 23.4 Å². The van der Waals surface area contributed by atoms with Crippen molar-refractivity contribution in [2.45, 2.75) is 19.1 Å². The molecule has 10 nitrogen and oxygen atoms in total. The van der Waals surface area contributed by atoms with E-state index >= 15 is 0 Å². The molecule has 0 fully saturated rings. The van der Waals surface area contributed by atoms with Gasteiger partial charge in [0.2, 0.25) is 11.8 Å². The molecule has 1 aliphatic rings. The van der Waals surface area contributed by atoms with Crippen molar-refractivity contribution in [3.8, 4) is 5.88 Å². The van der Waals surface area contributed by atoms with Crippen molar-refractivity contribution >= 4 is 34.2 Å². The van der Waals surface area contributed by atoms with Gasteiger partial charge in [-0.2, -0.15) is 4.98 Å². The number of likely N-dealkylation sites (N-methyl/N-ethyl adjacent to an activating group) is 1. The van der Waals surface area contributed by atoms with Crippen LogP contribution in [0.5, 0.6) is 5.88 Å². The number of rotatable bonds is 5. The molecule has 29 heavy (non-hydrogen) atoms. The van der Waals surface area contributed by atoms with Gasteiger partial charge in [0.15, 0.2) is 18.1 Å². The highest BCUT2D eigenvalue weighted by molar-refractivity contribution is 14.1. The Kier molecular flexibility index (Phi) is 5.32. The molecule has 3 heterocycles. The Labute approximate surface area is 178 Å². The van der Waals surface area contributed by atoms with Crippen LogP contribution < -0.4 is 15.2 Å². The molecule has 0 spiro atoms. The molecular formula is C18H16IN5O5. The van der Waals surface area contributed by atoms with Crippen molar-refractivity contribution in [1.29, 1.82) is 0 Å². The number of amides is 1. The van der Waals surface area contributed by atoms with Gasteiger partial charge in [-0.1, -0.05) is 17.3 Å². The van der Waals surface area contributed by atoms with Crippen molar-refractivity contribution < 1.29 is 19.2 Å². The summed E-state index contributed by atoms with van der Waals surface area (Å²) < 4.78 is 12.7. The molecule has 3 aromatic rings. The maximum absolute atomic E-state index is 12.7.